The number of Topliss-reactive ketones (excluding diaryl/α,β-unsaturated/α-hetero) is 1. The lowest BCUT2D eigenvalue weighted by Crippen LogP contribution is -2.38. The van der Waals surface area contributed by atoms with Crippen LogP contribution in [-0.2, 0) is 11.8 Å². The minimum absolute atomic E-state index is 0.0784. The maximum atomic E-state index is 12.1. The highest BCUT2D eigenvalue weighted by molar-refractivity contribution is 6.43. The number of hydrogen-bond acceptors (Lipinski definition) is 4. The molecule has 106 valence electrons. The van der Waals surface area contributed by atoms with Gasteiger partial charge in [0.05, 0.1) is 11.3 Å². The summed E-state index contributed by atoms with van der Waals surface area (Å²) in [6.07, 6.45) is 1.24. The van der Waals surface area contributed by atoms with Crippen LogP contribution in [-0.4, -0.2) is 39.2 Å². The zero-order chi connectivity index (χ0) is 14.6. The molecule has 6 heteroatoms. The molecule has 1 aromatic heterocycles. The molecule has 0 bridgehead atoms. The van der Waals surface area contributed by atoms with Crippen molar-refractivity contribution in [3.63, 3.8) is 0 Å². The summed E-state index contributed by atoms with van der Waals surface area (Å²) >= 11 is 0. The largest absolute Gasteiger partial charge is 0.396 e. The Kier molecular flexibility index (Phi) is 5.23. The van der Waals surface area contributed by atoms with Crippen LogP contribution >= 0.6 is 0 Å². The maximum absolute atomic E-state index is 12.1. The monoisotopic (exact) mass is 267 g/mol. The van der Waals surface area contributed by atoms with Crippen LogP contribution in [0.5, 0.6) is 0 Å². The quantitative estimate of drug-likeness (QED) is 0.580. The molecular weight excluding hydrogens is 246 g/mol. The Morgan fingerprint density at radius 2 is 2.05 bits per heavy atom. The molecule has 0 spiro atoms. The van der Waals surface area contributed by atoms with E-state index in [4.69, 9.17) is 5.11 Å². The SMILES string of the molecule is Cc1nn(C)c(C)c1C(=O)C(=O)NC(C)CCCO. The van der Waals surface area contributed by atoms with Gasteiger partial charge in [0, 0.05) is 25.4 Å². The Bertz CT molecular complexity index is 480. The summed E-state index contributed by atoms with van der Waals surface area (Å²) in [7, 11) is 1.74. The van der Waals surface area contributed by atoms with Gasteiger partial charge in [-0.3, -0.25) is 14.3 Å². The van der Waals surface area contributed by atoms with Crippen LogP contribution in [0.25, 0.3) is 0 Å². The van der Waals surface area contributed by atoms with Crippen molar-refractivity contribution < 1.29 is 14.7 Å². The van der Waals surface area contributed by atoms with Crippen molar-refractivity contribution in [2.75, 3.05) is 6.61 Å². The van der Waals surface area contributed by atoms with Gasteiger partial charge in [-0.05, 0) is 33.6 Å². The van der Waals surface area contributed by atoms with Crippen molar-refractivity contribution in [1.82, 2.24) is 15.1 Å². The van der Waals surface area contributed by atoms with Gasteiger partial charge in [-0.25, -0.2) is 0 Å². The van der Waals surface area contributed by atoms with Crippen LogP contribution in [0.3, 0.4) is 0 Å². The second-order valence-corrected chi connectivity index (χ2v) is 4.74. The topological polar surface area (TPSA) is 84.2 Å². The van der Waals surface area contributed by atoms with E-state index in [1.807, 2.05) is 6.92 Å². The Balaban J connectivity index is 2.75. The molecule has 1 atom stereocenters. The predicted octanol–water partition coefficient (Wildman–Crippen LogP) is 0.497. The Morgan fingerprint density at radius 1 is 1.42 bits per heavy atom. The van der Waals surface area contributed by atoms with E-state index < -0.39 is 11.7 Å². The standard InChI is InChI=1S/C13H21N3O3/c1-8(6-5-7-17)14-13(19)12(18)11-9(2)15-16(4)10(11)3/h8,17H,5-7H2,1-4H3,(H,14,19). The smallest absolute Gasteiger partial charge is 0.292 e. The van der Waals surface area contributed by atoms with Gasteiger partial charge in [-0.15, -0.1) is 0 Å². The van der Waals surface area contributed by atoms with Gasteiger partial charge in [-0.2, -0.15) is 5.10 Å². The highest BCUT2D eigenvalue weighted by Crippen LogP contribution is 2.12. The van der Waals surface area contributed by atoms with Crippen LogP contribution < -0.4 is 5.32 Å². The van der Waals surface area contributed by atoms with Gasteiger partial charge in [0.1, 0.15) is 0 Å². The number of ketones is 1. The van der Waals surface area contributed by atoms with Gasteiger partial charge >= 0.3 is 0 Å². The first kappa shape index (κ1) is 15.4. The van der Waals surface area contributed by atoms with E-state index in [2.05, 4.69) is 10.4 Å². The molecule has 1 amide bonds. The summed E-state index contributed by atoms with van der Waals surface area (Å²) in [4.78, 5) is 24.0. The van der Waals surface area contributed by atoms with E-state index in [0.29, 0.717) is 29.8 Å². The molecule has 0 saturated carbocycles. The van der Waals surface area contributed by atoms with Crippen molar-refractivity contribution in [2.24, 2.45) is 7.05 Å². The lowest BCUT2D eigenvalue weighted by Gasteiger charge is -2.12. The number of aliphatic hydroxyl groups is 1. The summed E-state index contributed by atoms with van der Waals surface area (Å²) in [5.41, 5.74) is 1.61. The average Bonchev–Trinajstić information content (AvgIpc) is 2.60. The number of carbonyl (C=O) groups excluding carboxylic acids is 2. The lowest BCUT2D eigenvalue weighted by atomic mass is 10.1. The highest BCUT2D eigenvalue weighted by atomic mass is 16.3. The van der Waals surface area contributed by atoms with Crippen LogP contribution in [0.4, 0.5) is 0 Å². The number of rotatable bonds is 6. The normalized spacial score (nSPS) is 12.3. The average molecular weight is 267 g/mol. The number of hydrogen-bond donors (Lipinski definition) is 2. The molecule has 1 aromatic rings. The van der Waals surface area contributed by atoms with Crippen LogP contribution in [0.1, 0.15) is 41.5 Å². The molecule has 1 heterocycles. The summed E-state index contributed by atoms with van der Waals surface area (Å²) in [5.74, 6) is -1.18. The van der Waals surface area contributed by atoms with E-state index in [1.165, 1.54) is 0 Å². The lowest BCUT2D eigenvalue weighted by molar-refractivity contribution is -0.117. The zero-order valence-corrected chi connectivity index (χ0v) is 11.9. The Labute approximate surface area is 112 Å². The van der Waals surface area contributed by atoms with Gasteiger partial charge in [-0.1, -0.05) is 0 Å². The minimum Gasteiger partial charge on any atom is -0.396 e. The fraction of sp³-hybridized carbons (Fsp3) is 0.615. The molecule has 1 rings (SSSR count). The van der Waals surface area contributed by atoms with Crippen LogP contribution in [0.15, 0.2) is 0 Å². The summed E-state index contributed by atoms with van der Waals surface area (Å²) in [5, 5.41) is 15.5. The third-order valence-electron chi connectivity index (χ3n) is 3.12. The van der Waals surface area contributed by atoms with Crippen molar-refractivity contribution in [3.05, 3.63) is 17.0 Å². The molecular formula is C13H21N3O3. The second kappa shape index (κ2) is 6.47. The van der Waals surface area contributed by atoms with Crippen molar-refractivity contribution >= 4 is 11.7 Å². The first-order chi connectivity index (χ1) is 8.88. The second-order valence-electron chi connectivity index (χ2n) is 4.74. The summed E-state index contributed by atoms with van der Waals surface area (Å²) < 4.78 is 1.59. The molecule has 0 radical (unpaired) electrons. The number of carbonyl (C=O) groups is 2. The number of aliphatic hydroxyl groups excluding tert-OH is 1. The van der Waals surface area contributed by atoms with Crippen LogP contribution in [0, 0.1) is 13.8 Å². The third kappa shape index (κ3) is 3.64. The number of nitrogens with zero attached hydrogens (tertiary/aromatic N) is 2. The first-order valence-corrected chi connectivity index (χ1v) is 6.34. The van der Waals surface area contributed by atoms with Gasteiger partial charge in [0.25, 0.3) is 11.7 Å². The molecule has 2 N–H and O–H groups in total. The van der Waals surface area contributed by atoms with Gasteiger partial charge in [0.2, 0.25) is 0 Å². The number of nitrogens with one attached hydrogen (secondary N) is 1. The van der Waals surface area contributed by atoms with Crippen molar-refractivity contribution in [1.29, 1.82) is 0 Å². The molecule has 1 unspecified atom stereocenters. The fourth-order valence-electron chi connectivity index (χ4n) is 1.97. The Hall–Kier alpha value is -1.69. The molecule has 6 nitrogen and oxygen atoms in total. The molecule has 0 aliphatic heterocycles. The number of amides is 1. The minimum atomic E-state index is -0.621. The van der Waals surface area contributed by atoms with Gasteiger partial charge in [0.15, 0.2) is 0 Å². The van der Waals surface area contributed by atoms with E-state index >= 15 is 0 Å². The van der Waals surface area contributed by atoms with Gasteiger partial charge < -0.3 is 10.4 Å². The third-order valence-corrected chi connectivity index (χ3v) is 3.12. The van der Waals surface area contributed by atoms with E-state index in [1.54, 1.807) is 25.6 Å². The van der Waals surface area contributed by atoms with E-state index in [0.717, 1.165) is 0 Å². The zero-order valence-electron chi connectivity index (χ0n) is 11.9. The number of aromatic nitrogens is 2. The van der Waals surface area contributed by atoms with Crippen LogP contribution in [0.2, 0.25) is 0 Å². The van der Waals surface area contributed by atoms with E-state index in [-0.39, 0.29) is 12.6 Å². The number of aryl methyl sites for hydroxylation is 2. The highest BCUT2D eigenvalue weighted by Gasteiger charge is 2.24. The van der Waals surface area contributed by atoms with E-state index in [9.17, 15) is 9.59 Å². The molecule has 0 saturated heterocycles. The van der Waals surface area contributed by atoms with Crippen molar-refractivity contribution in [3.8, 4) is 0 Å². The molecule has 0 aliphatic rings. The predicted molar refractivity (Wildman–Crippen MR) is 70.9 cm³/mol. The summed E-state index contributed by atoms with van der Waals surface area (Å²) in [6.45, 7) is 5.36. The maximum Gasteiger partial charge on any atom is 0.292 e. The fourth-order valence-corrected chi connectivity index (χ4v) is 1.97. The first-order valence-electron chi connectivity index (χ1n) is 6.34. The molecule has 0 aliphatic carbocycles. The Morgan fingerprint density at radius 3 is 2.53 bits per heavy atom. The molecule has 0 aromatic carbocycles. The van der Waals surface area contributed by atoms with Crippen molar-refractivity contribution in [2.45, 2.75) is 39.7 Å². The molecule has 19 heavy (non-hydrogen) atoms. The summed E-state index contributed by atoms with van der Waals surface area (Å²) in [6, 6.07) is -0.138. The molecule has 0 fully saturated rings.